The van der Waals surface area contributed by atoms with Crippen LogP contribution in [0.4, 0.5) is 0 Å². The molecule has 0 heterocycles. The molecule has 0 rings (SSSR count). The fraction of sp³-hybridized carbons (Fsp3) is 1.00. The SMILES string of the molecule is CCCCCCCCCCC(CCC)O[Si](C(C)C)C(C)C. The predicted octanol–water partition coefficient (Wildman–Crippen LogP) is 7.51. The molecular weight excluding hydrogens is 284 g/mol. The maximum Gasteiger partial charge on any atom is 0.217 e. The summed E-state index contributed by atoms with van der Waals surface area (Å²) >= 11 is 0. The maximum atomic E-state index is 6.58. The topological polar surface area (TPSA) is 9.23 Å². The van der Waals surface area contributed by atoms with E-state index in [0.29, 0.717) is 6.10 Å². The van der Waals surface area contributed by atoms with Crippen LogP contribution >= 0.6 is 0 Å². The Morgan fingerprint density at radius 1 is 0.636 bits per heavy atom. The predicted molar refractivity (Wildman–Crippen MR) is 103 cm³/mol. The molecule has 22 heavy (non-hydrogen) atoms. The highest BCUT2D eigenvalue weighted by Gasteiger charge is 2.25. The van der Waals surface area contributed by atoms with E-state index in [9.17, 15) is 0 Å². The van der Waals surface area contributed by atoms with Gasteiger partial charge in [-0.05, 0) is 23.9 Å². The van der Waals surface area contributed by atoms with Gasteiger partial charge in [0.25, 0.3) is 0 Å². The monoisotopic (exact) mass is 327 g/mol. The van der Waals surface area contributed by atoms with Gasteiger partial charge in [0.2, 0.25) is 9.04 Å². The van der Waals surface area contributed by atoms with Crippen LogP contribution in [0.5, 0.6) is 0 Å². The lowest BCUT2D eigenvalue weighted by molar-refractivity contribution is 0.168. The summed E-state index contributed by atoms with van der Waals surface area (Å²) in [5.74, 6) is 0. The quantitative estimate of drug-likeness (QED) is 0.223. The molecular formula is C20H43OSi. The summed E-state index contributed by atoms with van der Waals surface area (Å²) in [6.45, 7) is 13.9. The van der Waals surface area contributed by atoms with E-state index < -0.39 is 9.04 Å². The largest absolute Gasteiger partial charge is 0.413 e. The summed E-state index contributed by atoms with van der Waals surface area (Å²) < 4.78 is 6.58. The van der Waals surface area contributed by atoms with Crippen molar-refractivity contribution in [2.24, 2.45) is 0 Å². The zero-order chi connectivity index (χ0) is 16.8. The average Bonchev–Trinajstić information content (AvgIpc) is 2.46. The van der Waals surface area contributed by atoms with Gasteiger partial charge < -0.3 is 4.43 Å². The van der Waals surface area contributed by atoms with Crippen LogP contribution < -0.4 is 0 Å². The maximum absolute atomic E-state index is 6.58. The van der Waals surface area contributed by atoms with Gasteiger partial charge in [-0.15, -0.1) is 0 Å². The molecule has 1 unspecified atom stereocenters. The van der Waals surface area contributed by atoms with E-state index in [1.165, 1.54) is 70.6 Å². The smallest absolute Gasteiger partial charge is 0.217 e. The molecule has 0 aliphatic heterocycles. The summed E-state index contributed by atoms with van der Waals surface area (Å²) in [7, 11) is -0.656. The number of unbranched alkanes of at least 4 members (excludes halogenated alkanes) is 7. The van der Waals surface area contributed by atoms with Crippen molar-refractivity contribution in [1.82, 2.24) is 0 Å². The molecule has 1 radical (unpaired) electrons. The standard InChI is InChI=1S/C20H43OSi/c1-7-9-10-11-12-13-14-15-17-20(16-8-2)21-22(18(3)4)19(5)6/h18-20H,7-17H2,1-6H3. The normalized spacial score (nSPS) is 13.5. The van der Waals surface area contributed by atoms with Crippen molar-refractivity contribution in [1.29, 1.82) is 0 Å². The lowest BCUT2D eigenvalue weighted by Gasteiger charge is -2.28. The van der Waals surface area contributed by atoms with Gasteiger partial charge in [-0.3, -0.25) is 0 Å². The first-order chi connectivity index (χ1) is 10.5. The van der Waals surface area contributed by atoms with E-state index in [1.807, 2.05) is 0 Å². The minimum Gasteiger partial charge on any atom is -0.413 e. The molecule has 0 aliphatic rings. The second kappa shape index (κ2) is 14.7. The summed E-state index contributed by atoms with van der Waals surface area (Å²) in [5, 5.41) is 0. The van der Waals surface area contributed by atoms with Crippen LogP contribution in [0, 0.1) is 0 Å². The summed E-state index contributed by atoms with van der Waals surface area (Å²) in [6.07, 6.45) is 15.6. The highest BCUT2D eigenvalue weighted by molar-refractivity contribution is 6.55. The summed E-state index contributed by atoms with van der Waals surface area (Å²) in [4.78, 5) is 0. The molecule has 0 aromatic heterocycles. The Morgan fingerprint density at radius 2 is 1.14 bits per heavy atom. The highest BCUT2D eigenvalue weighted by Crippen LogP contribution is 2.25. The molecule has 0 bridgehead atoms. The molecule has 2 heteroatoms. The van der Waals surface area contributed by atoms with Gasteiger partial charge in [-0.1, -0.05) is 99.3 Å². The van der Waals surface area contributed by atoms with Gasteiger partial charge in [0.05, 0.1) is 0 Å². The number of hydrogen-bond donors (Lipinski definition) is 0. The van der Waals surface area contributed by atoms with Crippen LogP contribution in [-0.2, 0) is 4.43 Å². The van der Waals surface area contributed by atoms with Gasteiger partial charge >= 0.3 is 0 Å². The first kappa shape index (κ1) is 22.2. The van der Waals surface area contributed by atoms with Crippen molar-refractivity contribution in [3.05, 3.63) is 0 Å². The van der Waals surface area contributed by atoms with Gasteiger partial charge in [-0.2, -0.15) is 0 Å². The zero-order valence-corrected chi connectivity index (χ0v) is 17.4. The molecule has 0 amide bonds. The zero-order valence-electron chi connectivity index (χ0n) is 16.4. The van der Waals surface area contributed by atoms with Crippen LogP contribution in [-0.4, -0.2) is 15.1 Å². The summed E-state index contributed by atoms with van der Waals surface area (Å²) in [6, 6.07) is 0. The molecule has 0 aromatic carbocycles. The van der Waals surface area contributed by atoms with Crippen molar-refractivity contribution < 1.29 is 4.43 Å². The molecule has 0 aliphatic carbocycles. The van der Waals surface area contributed by atoms with E-state index in [1.54, 1.807) is 0 Å². The Bertz CT molecular complexity index is 220. The molecule has 1 atom stereocenters. The minimum atomic E-state index is -0.656. The Labute approximate surface area is 143 Å². The molecule has 0 aromatic rings. The third kappa shape index (κ3) is 11.7. The molecule has 0 spiro atoms. The van der Waals surface area contributed by atoms with E-state index in [2.05, 4.69) is 41.5 Å². The third-order valence-electron chi connectivity index (χ3n) is 4.43. The van der Waals surface area contributed by atoms with Crippen molar-refractivity contribution >= 4 is 9.04 Å². The third-order valence-corrected chi connectivity index (χ3v) is 7.31. The van der Waals surface area contributed by atoms with E-state index in [0.717, 1.165) is 11.1 Å². The fourth-order valence-corrected chi connectivity index (χ4v) is 5.72. The Hall–Kier alpha value is 0.177. The first-order valence-corrected chi connectivity index (χ1v) is 11.6. The van der Waals surface area contributed by atoms with Crippen molar-refractivity contribution in [2.45, 2.75) is 129 Å². The van der Waals surface area contributed by atoms with Crippen LogP contribution in [0.1, 0.15) is 112 Å². The van der Waals surface area contributed by atoms with Crippen molar-refractivity contribution in [3.63, 3.8) is 0 Å². The van der Waals surface area contributed by atoms with Crippen LogP contribution in [0.15, 0.2) is 0 Å². The van der Waals surface area contributed by atoms with Crippen LogP contribution in [0.2, 0.25) is 11.1 Å². The van der Waals surface area contributed by atoms with E-state index >= 15 is 0 Å². The van der Waals surface area contributed by atoms with Gasteiger partial charge in [-0.25, -0.2) is 0 Å². The van der Waals surface area contributed by atoms with Gasteiger partial charge in [0.15, 0.2) is 0 Å². The fourth-order valence-electron chi connectivity index (χ4n) is 3.22. The first-order valence-electron chi connectivity index (χ1n) is 10.1. The lowest BCUT2D eigenvalue weighted by atomic mass is 10.0. The number of rotatable bonds is 15. The summed E-state index contributed by atoms with van der Waals surface area (Å²) in [5.41, 5.74) is 1.45. The second-order valence-corrected chi connectivity index (χ2v) is 10.9. The van der Waals surface area contributed by atoms with E-state index in [4.69, 9.17) is 4.43 Å². The second-order valence-electron chi connectivity index (χ2n) is 7.50. The molecule has 0 N–H and O–H groups in total. The van der Waals surface area contributed by atoms with Crippen LogP contribution in [0.3, 0.4) is 0 Å². The average molecular weight is 328 g/mol. The Morgan fingerprint density at radius 3 is 1.59 bits per heavy atom. The number of hydrogen-bond acceptors (Lipinski definition) is 1. The minimum absolute atomic E-state index is 0.531. The lowest BCUT2D eigenvalue weighted by Crippen LogP contribution is -2.31. The van der Waals surface area contributed by atoms with Gasteiger partial charge in [0.1, 0.15) is 0 Å². The highest BCUT2D eigenvalue weighted by atomic mass is 28.3. The molecule has 1 nitrogen and oxygen atoms in total. The Balaban J connectivity index is 3.89. The van der Waals surface area contributed by atoms with E-state index in [-0.39, 0.29) is 0 Å². The van der Waals surface area contributed by atoms with Crippen LogP contribution in [0.25, 0.3) is 0 Å². The molecule has 133 valence electrons. The Kier molecular flexibility index (Phi) is 14.9. The van der Waals surface area contributed by atoms with Gasteiger partial charge in [0, 0.05) is 6.10 Å². The molecule has 0 saturated carbocycles. The molecule has 0 saturated heterocycles. The van der Waals surface area contributed by atoms with Crippen molar-refractivity contribution in [3.8, 4) is 0 Å². The molecule has 0 fully saturated rings. The van der Waals surface area contributed by atoms with Crippen molar-refractivity contribution in [2.75, 3.05) is 0 Å².